The molecule has 2 amide bonds. The van der Waals surface area contributed by atoms with Gasteiger partial charge in [-0.3, -0.25) is 19.4 Å². The second-order valence-electron chi connectivity index (χ2n) is 7.54. The van der Waals surface area contributed by atoms with Crippen molar-refractivity contribution in [3.8, 4) is 0 Å². The fourth-order valence-electron chi connectivity index (χ4n) is 3.93. The number of hydrogen-bond acceptors (Lipinski definition) is 4. The van der Waals surface area contributed by atoms with Crippen LogP contribution in [-0.4, -0.2) is 52.5 Å². The van der Waals surface area contributed by atoms with Gasteiger partial charge in [-0.1, -0.05) is 6.92 Å². The smallest absolute Gasteiger partial charge is 0.305 e. The maximum atomic E-state index is 14.0. The molecule has 1 aromatic heterocycles. The van der Waals surface area contributed by atoms with Crippen molar-refractivity contribution in [2.75, 3.05) is 24.5 Å². The molecular weight excluding hydrogens is 415 g/mol. The van der Waals surface area contributed by atoms with E-state index in [-0.39, 0.29) is 24.4 Å². The number of nitrogens with one attached hydrogen (secondary N) is 2. The van der Waals surface area contributed by atoms with Gasteiger partial charge in [0, 0.05) is 36.6 Å². The normalized spacial score (nSPS) is 14.2. The van der Waals surface area contributed by atoms with E-state index in [4.69, 9.17) is 5.11 Å². The summed E-state index contributed by atoms with van der Waals surface area (Å²) in [6.07, 6.45) is 1.37. The van der Waals surface area contributed by atoms with E-state index in [1.807, 2.05) is 13.8 Å². The Bertz CT molecular complexity index is 1110. The second kappa shape index (κ2) is 9.35. The first-order chi connectivity index (χ1) is 15.2. The largest absolute Gasteiger partial charge is 0.481 e. The van der Waals surface area contributed by atoms with E-state index in [0.29, 0.717) is 46.9 Å². The van der Waals surface area contributed by atoms with E-state index in [2.05, 4.69) is 10.4 Å². The van der Waals surface area contributed by atoms with Gasteiger partial charge in [0.15, 0.2) is 0 Å². The van der Waals surface area contributed by atoms with Gasteiger partial charge >= 0.3 is 5.97 Å². The van der Waals surface area contributed by atoms with Crippen LogP contribution in [0.2, 0.25) is 0 Å². The van der Waals surface area contributed by atoms with Crippen molar-refractivity contribution in [2.24, 2.45) is 0 Å². The number of rotatable bonds is 8. The summed E-state index contributed by atoms with van der Waals surface area (Å²) in [5, 5.41) is 10.5. The van der Waals surface area contributed by atoms with Crippen LogP contribution in [0.3, 0.4) is 0 Å². The van der Waals surface area contributed by atoms with Crippen LogP contribution < -0.4 is 10.3 Å². The van der Waals surface area contributed by atoms with Gasteiger partial charge in [0.25, 0.3) is 11.8 Å². The third-order valence-corrected chi connectivity index (χ3v) is 5.45. The predicted molar refractivity (Wildman–Crippen MR) is 120 cm³/mol. The number of anilines is 1. The standard InChI is InChI=1S/C23H27FN4O4/c1-5-25-28(6-2)23(32)21-13(3)18(26-14(21)4)12-17-16-11-15(24)7-8-19(16)27(22(17)31)10-9-20(29)30/h7-8,11-12,25-26H,5-6,9-10H2,1-4H3,(H,29,30)/b17-12-. The molecule has 0 fully saturated rings. The summed E-state index contributed by atoms with van der Waals surface area (Å²) >= 11 is 0. The quantitative estimate of drug-likeness (QED) is 0.430. The first kappa shape index (κ1) is 23.2. The molecule has 0 bridgehead atoms. The van der Waals surface area contributed by atoms with Gasteiger partial charge in [-0.2, -0.15) is 0 Å². The number of aryl methyl sites for hydroxylation is 1. The Hall–Kier alpha value is -3.46. The molecule has 0 atom stereocenters. The summed E-state index contributed by atoms with van der Waals surface area (Å²) in [5.74, 6) is -2.12. The molecule has 0 saturated heterocycles. The maximum Gasteiger partial charge on any atom is 0.305 e. The van der Waals surface area contributed by atoms with Crippen LogP contribution in [-0.2, 0) is 9.59 Å². The molecule has 0 unspecified atom stereocenters. The molecule has 0 spiro atoms. The van der Waals surface area contributed by atoms with E-state index in [1.54, 1.807) is 19.9 Å². The fourth-order valence-corrected chi connectivity index (χ4v) is 3.93. The van der Waals surface area contributed by atoms with Crippen molar-refractivity contribution in [1.82, 2.24) is 15.4 Å². The zero-order chi connectivity index (χ0) is 23.6. The van der Waals surface area contributed by atoms with Crippen molar-refractivity contribution >= 4 is 35.1 Å². The number of hydrazine groups is 1. The Morgan fingerprint density at radius 2 is 2.00 bits per heavy atom. The summed E-state index contributed by atoms with van der Waals surface area (Å²) in [5.41, 5.74) is 6.53. The highest BCUT2D eigenvalue weighted by Crippen LogP contribution is 2.39. The average Bonchev–Trinajstić information content (AvgIpc) is 3.16. The third kappa shape index (κ3) is 4.29. The van der Waals surface area contributed by atoms with Crippen molar-refractivity contribution < 1.29 is 23.9 Å². The number of hydrogen-bond donors (Lipinski definition) is 3. The first-order valence-corrected chi connectivity index (χ1v) is 10.5. The van der Waals surface area contributed by atoms with Crippen molar-refractivity contribution in [3.63, 3.8) is 0 Å². The molecule has 1 aliphatic rings. The molecule has 3 rings (SSSR count). The van der Waals surface area contributed by atoms with Crippen LogP contribution in [0.5, 0.6) is 0 Å². The highest BCUT2D eigenvalue weighted by Gasteiger charge is 2.33. The molecule has 1 aliphatic heterocycles. The first-order valence-electron chi connectivity index (χ1n) is 10.5. The number of fused-ring (bicyclic) bond motifs is 1. The number of nitrogens with zero attached hydrogens (tertiary/aromatic N) is 2. The van der Waals surface area contributed by atoms with Crippen LogP contribution in [0.15, 0.2) is 18.2 Å². The highest BCUT2D eigenvalue weighted by molar-refractivity contribution is 6.35. The second-order valence-corrected chi connectivity index (χ2v) is 7.54. The number of aromatic amines is 1. The lowest BCUT2D eigenvalue weighted by Gasteiger charge is -2.21. The molecule has 170 valence electrons. The Morgan fingerprint density at radius 3 is 2.62 bits per heavy atom. The molecule has 0 saturated carbocycles. The van der Waals surface area contributed by atoms with Gasteiger partial charge in [-0.25, -0.2) is 9.82 Å². The predicted octanol–water partition coefficient (Wildman–Crippen LogP) is 3.12. The van der Waals surface area contributed by atoms with Crippen LogP contribution in [0.1, 0.15) is 53.1 Å². The number of aliphatic carboxylic acids is 1. The lowest BCUT2D eigenvalue weighted by atomic mass is 10.0. The number of carboxylic acid groups (broad SMARTS) is 1. The molecule has 0 radical (unpaired) electrons. The molecular formula is C23H27FN4O4. The van der Waals surface area contributed by atoms with Crippen LogP contribution in [0.25, 0.3) is 11.6 Å². The zero-order valence-electron chi connectivity index (χ0n) is 18.6. The van der Waals surface area contributed by atoms with Gasteiger partial charge in [0.1, 0.15) is 5.82 Å². The Labute approximate surface area is 185 Å². The molecule has 3 N–H and O–H groups in total. The van der Waals surface area contributed by atoms with E-state index < -0.39 is 17.7 Å². The number of amides is 2. The van der Waals surface area contributed by atoms with E-state index in [9.17, 15) is 18.8 Å². The zero-order valence-corrected chi connectivity index (χ0v) is 18.6. The van der Waals surface area contributed by atoms with E-state index in [1.165, 1.54) is 28.1 Å². The average molecular weight is 442 g/mol. The molecule has 2 aromatic rings. The van der Waals surface area contributed by atoms with Crippen molar-refractivity contribution in [1.29, 1.82) is 0 Å². The monoisotopic (exact) mass is 442 g/mol. The van der Waals surface area contributed by atoms with Crippen molar-refractivity contribution in [2.45, 2.75) is 34.1 Å². The van der Waals surface area contributed by atoms with Gasteiger partial charge < -0.3 is 15.0 Å². The number of carbonyl (C=O) groups excluding carboxylic acids is 2. The SMILES string of the molecule is CCNN(CC)C(=O)c1c(C)[nH]c(/C=C2\C(=O)N(CCC(=O)O)c3ccc(F)cc32)c1C. The number of carbonyl (C=O) groups is 3. The van der Waals surface area contributed by atoms with Gasteiger partial charge in [-0.15, -0.1) is 0 Å². The Morgan fingerprint density at radius 1 is 1.28 bits per heavy atom. The number of benzene rings is 1. The van der Waals surface area contributed by atoms with Gasteiger partial charge in [0.2, 0.25) is 0 Å². The van der Waals surface area contributed by atoms with Crippen LogP contribution >= 0.6 is 0 Å². The molecule has 9 heteroatoms. The summed E-state index contributed by atoms with van der Waals surface area (Å²) in [6.45, 7) is 8.40. The Balaban J connectivity index is 2.05. The van der Waals surface area contributed by atoms with E-state index >= 15 is 0 Å². The lowest BCUT2D eigenvalue weighted by molar-refractivity contribution is -0.136. The minimum atomic E-state index is -1.03. The molecule has 8 nitrogen and oxygen atoms in total. The molecule has 1 aromatic carbocycles. The number of H-pyrrole nitrogens is 1. The lowest BCUT2D eigenvalue weighted by Crippen LogP contribution is -2.42. The van der Waals surface area contributed by atoms with Gasteiger partial charge in [-0.05, 0) is 50.6 Å². The molecule has 32 heavy (non-hydrogen) atoms. The fraction of sp³-hybridized carbons (Fsp3) is 0.348. The topological polar surface area (TPSA) is 106 Å². The minimum Gasteiger partial charge on any atom is -0.481 e. The summed E-state index contributed by atoms with van der Waals surface area (Å²) < 4.78 is 14.0. The number of aromatic nitrogens is 1. The molecule has 2 heterocycles. The summed E-state index contributed by atoms with van der Waals surface area (Å²) in [4.78, 5) is 41.6. The van der Waals surface area contributed by atoms with E-state index in [0.717, 1.165) is 0 Å². The minimum absolute atomic E-state index is 0.0231. The number of halogens is 1. The van der Waals surface area contributed by atoms with Crippen molar-refractivity contribution in [3.05, 3.63) is 52.1 Å². The Kier molecular flexibility index (Phi) is 6.78. The summed E-state index contributed by atoms with van der Waals surface area (Å²) in [6, 6.07) is 3.98. The van der Waals surface area contributed by atoms with Gasteiger partial charge in [0.05, 0.1) is 23.2 Å². The molecule has 0 aliphatic carbocycles. The maximum absolute atomic E-state index is 14.0. The van der Waals surface area contributed by atoms with Crippen LogP contribution in [0, 0.1) is 19.7 Å². The highest BCUT2D eigenvalue weighted by atomic mass is 19.1. The van der Waals surface area contributed by atoms with Crippen LogP contribution in [0.4, 0.5) is 10.1 Å². The third-order valence-electron chi connectivity index (χ3n) is 5.45. The summed E-state index contributed by atoms with van der Waals surface area (Å²) in [7, 11) is 0. The number of carboxylic acids is 1.